The Morgan fingerprint density at radius 1 is 0.556 bits per heavy atom. The number of hydrogen-bond donors (Lipinski definition) is 1. The second-order valence-corrected chi connectivity index (χ2v) is 14.2. The summed E-state index contributed by atoms with van der Waals surface area (Å²) in [6.45, 7) is 2.61. The lowest BCUT2D eigenvalue weighted by Crippen LogP contribution is -2.31. The van der Waals surface area contributed by atoms with Gasteiger partial charge in [-0.25, -0.2) is 18.4 Å². The number of aromatic nitrogens is 2. The number of halogens is 2. The maximum atomic E-state index is 15.1. The van der Waals surface area contributed by atoms with Gasteiger partial charge in [0.15, 0.2) is 46.1 Å². The highest BCUT2D eigenvalue weighted by atomic mass is 19.1. The van der Waals surface area contributed by atoms with Gasteiger partial charge in [-0.15, -0.1) is 0 Å². The van der Waals surface area contributed by atoms with E-state index in [2.05, 4.69) is 15.3 Å². The molecule has 63 heavy (non-hydrogen) atoms. The molecule has 0 atom stereocenters. The lowest BCUT2D eigenvalue weighted by Gasteiger charge is -2.19. The number of urea groups is 2. The molecule has 2 saturated heterocycles. The van der Waals surface area contributed by atoms with Gasteiger partial charge >= 0.3 is 12.1 Å². The molecule has 14 nitrogen and oxygen atoms in total. The fraction of sp³-hybridized carbons (Fsp3) is 0.191. The zero-order valence-electron chi connectivity index (χ0n) is 34.8. The van der Waals surface area contributed by atoms with Crippen molar-refractivity contribution in [2.45, 2.75) is 6.54 Å². The van der Waals surface area contributed by atoms with Crippen LogP contribution in [0.5, 0.6) is 46.0 Å². The van der Waals surface area contributed by atoms with Gasteiger partial charge in [0.2, 0.25) is 0 Å². The second-order valence-electron chi connectivity index (χ2n) is 14.2. The van der Waals surface area contributed by atoms with E-state index in [1.165, 1.54) is 36.3 Å². The molecule has 16 heteroatoms. The molecule has 7 aromatic rings. The smallest absolute Gasteiger partial charge is 0.324 e. The van der Waals surface area contributed by atoms with Crippen molar-refractivity contribution in [3.8, 4) is 46.0 Å². The summed E-state index contributed by atoms with van der Waals surface area (Å²) in [7, 11) is 6.17. The van der Waals surface area contributed by atoms with Crippen LogP contribution in [0.25, 0.3) is 21.8 Å². The van der Waals surface area contributed by atoms with E-state index in [4.69, 9.17) is 28.4 Å². The number of carbonyl (C=O) groups is 2. The Labute approximate surface area is 361 Å². The van der Waals surface area contributed by atoms with Gasteiger partial charge in [0.05, 0.1) is 39.5 Å². The number of ether oxygens (including phenoxy) is 6. The summed E-state index contributed by atoms with van der Waals surface area (Å²) in [4.78, 5) is 38.1. The Bertz CT molecular complexity index is 2810. The van der Waals surface area contributed by atoms with Gasteiger partial charge in [-0.05, 0) is 54.1 Å². The Hall–Kier alpha value is -7.88. The number of rotatable bonds is 12. The van der Waals surface area contributed by atoms with Crippen LogP contribution >= 0.6 is 0 Å². The zero-order valence-corrected chi connectivity index (χ0v) is 34.8. The molecular weight excluding hydrogens is 815 g/mol. The van der Waals surface area contributed by atoms with Crippen molar-refractivity contribution in [2.75, 3.05) is 64.4 Å². The Morgan fingerprint density at radius 2 is 1.06 bits per heavy atom. The fourth-order valence-electron chi connectivity index (χ4n) is 7.28. The van der Waals surface area contributed by atoms with E-state index in [1.807, 2.05) is 30.3 Å². The van der Waals surface area contributed by atoms with Crippen LogP contribution in [0.4, 0.5) is 29.7 Å². The first-order valence-electron chi connectivity index (χ1n) is 19.8. The molecule has 2 aliphatic rings. The molecule has 4 heterocycles. The number of methoxy groups -OCH3 is 4. The molecular formula is C47H42F2N6O8. The summed E-state index contributed by atoms with van der Waals surface area (Å²) in [5, 5.41) is 3.99. The van der Waals surface area contributed by atoms with E-state index in [0.717, 1.165) is 5.56 Å². The van der Waals surface area contributed by atoms with Crippen molar-refractivity contribution < 1.29 is 46.8 Å². The second kappa shape index (κ2) is 18.4. The van der Waals surface area contributed by atoms with E-state index in [0.29, 0.717) is 100 Å². The van der Waals surface area contributed by atoms with Crippen LogP contribution in [-0.4, -0.2) is 81.5 Å². The topological polar surface area (TPSA) is 137 Å². The molecule has 2 aromatic heterocycles. The third-order valence-electron chi connectivity index (χ3n) is 10.5. The van der Waals surface area contributed by atoms with Crippen molar-refractivity contribution >= 4 is 45.2 Å². The third kappa shape index (κ3) is 8.82. The molecule has 9 rings (SSSR count). The number of nitrogens with one attached hydrogen (secondary N) is 1. The average Bonchev–Trinajstić information content (AvgIpc) is 3.91. The average molecular weight is 857 g/mol. The van der Waals surface area contributed by atoms with Gasteiger partial charge in [0.25, 0.3) is 0 Å². The van der Waals surface area contributed by atoms with Crippen molar-refractivity contribution in [3.63, 3.8) is 0 Å². The first-order chi connectivity index (χ1) is 30.7. The van der Waals surface area contributed by atoms with Gasteiger partial charge in [-0.1, -0.05) is 30.3 Å². The first kappa shape index (κ1) is 41.8. The number of nitrogens with zero attached hydrogens (tertiary/aromatic N) is 5. The minimum atomic E-state index is -0.567. The molecule has 0 aliphatic carbocycles. The first-order valence-corrected chi connectivity index (χ1v) is 19.8. The number of pyridine rings is 2. The molecule has 2 aliphatic heterocycles. The quantitative estimate of drug-likeness (QED) is 0.127. The van der Waals surface area contributed by atoms with Gasteiger partial charge in [0, 0.05) is 91.5 Å². The SMILES string of the molecule is COc1cc2nccc(Oc3ccc(N4CCN(Cc5ccccc5)C4=O)cc3F)c2cc1OC.COc1cc2nccc(Oc3ccc(N4CCNC4=O)cc3F)c2cc1OC. The minimum Gasteiger partial charge on any atom is -0.493 e. The van der Waals surface area contributed by atoms with Gasteiger partial charge in [-0.2, -0.15) is 0 Å². The van der Waals surface area contributed by atoms with Crippen LogP contribution in [-0.2, 0) is 6.54 Å². The van der Waals surface area contributed by atoms with Crippen molar-refractivity contribution in [2.24, 2.45) is 0 Å². The Morgan fingerprint density at radius 3 is 1.54 bits per heavy atom. The largest absolute Gasteiger partial charge is 0.493 e. The standard InChI is InChI=1S/C27H24FN3O4.C20H18FN3O4/c1-33-25-15-20-22(16-26(25)34-2)29-11-10-23(20)35-24-9-8-19(14-21(24)28)31-13-12-30(27(31)32)17-18-6-4-3-5-7-18;1-26-18-10-13-15(11-19(18)27-2)22-6-5-16(13)28-17-4-3-12(9-14(17)21)24-8-7-23-20(24)25/h3-11,14-16H,12-13,17H2,1-2H3;3-6,9-11H,7-8H2,1-2H3,(H,23,25). The van der Waals surface area contributed by atoms with Gasteiger partial charge in [0.1, 0.15) is 11.5 Å². The van der Waals surface area contributed by atoms with Crippen LogP contribution in [0.1, 0.15) is 5.56 Å². The maximum Gasteiger partial charge on any atom is 0.324 e. The molecule has 5 aromatic carbocycles. The number of amides is 4. The van der Waals surface area contributed by atoms with E-state index in [1.54, 1.807) is 92.1 Å². The molecule has 2 fully saturated rings. The molecule has 1 N–H and O–H groups in total. The predicted octanol–water partition coefficient (Wildman–Crippen LogP) is 9.34. The molecule has 0 bridgehead atoms. The summed E-state index contributed by atoms with van der Waals surface area (Å²) < 4.78 is 62.8. The summed E-state index contributed by atoms with van der Waals surface area (Å²) in [5.74, 6) is 1.92. The van der Waals surface area contributed by atoms with E-state index in [9.17, 15) is 14.0 Å². The van der Waals surface area contributed by atoms with Crippen LogP contribution in [0.3, 0.4) is 0 Å². The van der Waals surface area contributed by atoms with E-state index in [-0.39, 0.29) is 23.6 Å². The number of benzene rings is 5. The Kier molecular flexibility index (Phi) is 12.2. The van der Waals surface area contributed by atoms with Crippen LogP contribution in [0, 0.1) is 11.6 Å². The maximum absolute atomic E-state index is 15.1. The van der Waals surface area contributed by atoms with Crippen molar-refractivity contribution in [1.82, 2.24) is 20.2 Å². The summed E-state index contributed by atoms with van der Waals surface area (Å²) in [5.41, 5.74) is 3.27. The molecule has 322 valence electrons. The summed E-state index contributed by atoms with van der Waals surface area (Å²) >= 11 is 0. The molecule has 0 spiro atoms. The number of carbonyl (C=O) groups excluding carboxylic acids is 2. The number of fused-ring (bicyclic) bond motifs is 2. The normalized spacial score (nSPS) is 13.5. The zero-order chi connectivity index (χ0) is 44.0. The van der Waals surface area contributed by atoms with Gasteiger partial charge < -0.3 is 38.6 Å². The highest BCUT2D eigenvalue weighted by Gasteiger charge is 2.30. The molecule has 0 unspecified atom stereocenters. The van der Waals surface area contributed by atoms with Crippen molar-refractivity contribution in [1.29, 1.82) is 0 Å². The van der Waals surface area contributed by atoms with Crippen molar-refractivity contribution in [3.05, 3.63) is 133 Å². The highest BCUT2D eigenvalue weighted by Crippen LogP contribution is 2.40. The third-order valence-corrected chi connectivity index (χ3v) is 10.5. The van der Waals surface area contributed by atoms with Crippen LogP contribution in [0.15, 0.2) is 116 Å². The predicted molar refractivity (Wildman–Crippen MR) is 233 cm³/mol. The van der Waals surface area contributed by atoms with Gasteiger partial charge in [-0.3, -0.25) is 19.8 Å². The van der Waals surface area contributed by atoms with Crippen LogP contribution < -0.4 is 43.5 Å². The van der Waals surface area contributed by atoms with E-state index >= 15 is 4.39 Å². The molecule has 0 saturated carbocycles. The lowest BCUT2D eigenvalue weighted by atomic mass is 10.1. The fourth-order valence-corrected chi connectivity index (χ4v) is 7.28. The minimum absolute atomic E-state index is 0.0452. The summed E-state index contributed by atoms with van der Waals surface area (Å²) in [6, 6.07) is 28.6. The number of anilines is 2. The lowest BCUT2D eigenvalue weighted by molar-refractivity contribution is 0.218. The Balaban J connectivity index is 0.000000177. The summed E-state index contributed by atoms with van der Waals surface area (Å²) in [6.07, 6.45) is 3.16. The molecule has 0 radical (unpaired) electrons. The molecule has 4 amide bonds. The highest BCUT2D eigenvalue weighted by molar-refractivity contribution is 5.95. The van der Waals surface area contributed by atoms with E-state index < -0.39 is 11.6 Å². The monoisotopic (exact) mass is 856 g/mol. The number of hydrogen-bond acceptors (Lipinski definition) is 10. The van der Waals surface area contributed by atoms with Crippen LogP contribution in [0.2, 0.25) is 0 Å².